The first-order chi connectivity index (χ1) is 13.0. The van der Waals surface area contributed by atoms with Crippen LogP contribution in [0.3, 0.4) is 0 Å². The lowest BCUT2D eigenvalue weighted by Gasteiger charge is -2.12. The van der Waals surface area contributed by atoms with Gasteiger partial charge in [0.05, 0.1) is 16.6 Å². The highest BCUT2D eigenvalue weighted by molar-refractivity contribution is 7.99. The predicted molar refractivity (Wildman–Crippen MR) is 110 cm³/mol. The number of anilines is 1. The van der Waals surface area contributed by atoms with E-state index in [1.807, 2.05) is 13.0 Å². The lowest BCUT2D eigenvalue weighted by Crippen LogP contribution is -2.31. The van der Waals surface area contributed by atoms with Crippen LogP contribution in [0.5, 0.6) is 0 Å². The smallest absolute Gasteiger partial charge is 0.325 e. The third-order valence-corrected chi connectivity index (χ3v) is 5.17. The van der Waals surface area contributed by atoms with E-state index in [-0.39, 0.29) is 18.9 Å². The summed E-state index contributed by atoms with van der Waals surface area (Å²) in [5.41, 5.74) is 0.190. The summed E-state index contributed by atoms with van der Waals surface area (Å²) in [5, 5.41) is 3.80. The number of nitrogens with zero attached hydrogens (tertiary/aromatic N) is 1. The predicted octanol–water partition coefficient (Wildman–Crippen LogP) is 3.48. The van der Waals surface area contributed by atoms with E-state index in [4.69, 9.17) is 11.6 Å². The summed E-state index contributed by atoms with van der Waals surface area (Å²) in [6.07, 6.45) is 0.0820. The molecule has 0 radical (unpaired) electrons. The second kappa shape index (κ2) is 8.45. The van der Waals surface area contributed by atoms with Gasteiger partial charge in [-0.05, 0) is 36.1 Å². The number of hydrogen-bond donors (Lipinski definition) is 2. The number of amides is 1. The molecular weight excluding hydrogens is 386 g/mol. The molecule has 0 fully saturated rings. The van der Waals surface area contributed by atoms with Gasteiger partial charge in [-0.3, -0.25) is 19.1 Å². The number of para-hydroxylation sites is 1. The quantitative estimate of drug-likeness (QED) is 0.617. The van der Waals surface area contributed by atoms with Crippen molar-refractivity contribution < 1.29 is 4.79 Å². The van der Waals surface area contributed by atoms with Gasteiger partial charge in [0.2, 0.25) is 5.91 Å². The van der Waals surface area contributed by atoms with E-state index in [9.17, 15) is 14.4 Å². The zero-order chi connectivity index (χ0) is 19.4. The van der Waals surface area contributed by atoms with E-state index in [0.29, 0.717) is 21.6 Å². The maximum Gasteiger partial charge on any atom is 0.328 e. The molecule has 0 aliphatic carbocycles. The van der Waals surface area contributed by atoms with Crippen LogP contribution in [0.15, 0.2) is 56.9 Å². The van der Waals surface area contributed by atoms with Crippen LogP contribution >= 0.6 is 23.4 Å². The van der Waals surface area contributed by atoms with E-state index in [1.165, 1.54) is 4.57 Å². The molecule has 1 aromatic heterocycles. The average Bonchev–Trinajstić information content (AvgIpc) is 2.64. The Morgan fingerprint density at radius 1 is 1.22 bits per heavy atom. The van der Waals surface area contributed by atoms with Crippen LogP contribution in [-0.2, 0) is 11.3 Å². The third-order valence-electron chi connectivity index (χ3n) is 3.98. The summed E-state index contributed by atoms with van der Waals surface area (Å²) in [7, 11) is 0. The van der Waals surface area contributed by atoms with E-state index >= 15 is 0 Å². The molecule has 27 heavy (non-hydrogen) atoms. The van der Waals surface area contributed by atoms with Gasteiger partial charge in [-0.1, -0.05) is 30.7 Å². The van der Waals surface area contributed by atoms with Crippen LogP contribution in [0.25, 0.3) is 10.9 Å². The number of benzene rings is 2. The highest BCUT2D eigenvalue weighted by Gasteiger charge is 2.11. The summed E-state index contributed by atoms with van der Waals surface area (Å²) >= 11 is 7.64. The number of carbonyl (C=O) groups is 1. The van der Waals surface area contributed by atoms with E-state index in [0.717, 1.165) is 10.6 Å². The zero-order valence-corrected chi connectivity index (χ0v) is 16.2. The Kier molecular flexibility index (Phi) is 6.03. The van der Waals surface area contributed by atoms with Crippen molar-refractivity contribution in [2.45, 2.75) is 24.8 Å². The summed E-state index contributed by atoms with van der Waals surface area (Å²) in [4.78, 5) is 39.7. The number of nitrogens with one attached hydrogen (secondary N) is 2. The number of aromatic amines is 1. The van der Waals surface area contributed by atoms with Crippen molar-refractivity contribution in [1.82, 2.24) is 9.55 Å². The van der Waals surface area contributed by atoms with Crippen molar-refractivity contribution in [1.29, 1.82) is 0 Å². The van der Waals surface area contributed by atoms with E-state index < -0.39 is 11.2 Å². The minimum atomic E-state index is -0.531. The Morgan fingerprint density at radius 2 is 2.00 bits per heavy atom. The summed E-state index contributed by atoms with van der Waals surface area (Å²) in [6.45, 7) is 2.18. The molecule has 2 N–H and O–H groups in total. The average molecular weight is 404 g/mol. The van der Waals surface area contributed by atoms with Gasteiger partial charge in [0.25, 0.3) is 5.56 Å². The molecule has 0 saturated carbocycles. The molecule has 6 nitrogen and oxygen atoms in total. The third kappa shape index (κ3) is 4.43. The van der Waals surface area contributed by atoms with Crippen LogP contribution in [0.1, 0.15) is 13.3 Å². The monoisotopic (exact) mass is 403 g/mol. The molecule has 3 aromatic rings. The number of fused-ring (bicyclic) bond motifs is 1. The Hall–Kier alpha value is -2.51. The van der Waals surface area contributed by atoms with Gasteiger partial charge in [0.1, 0.15) is 0 Å². The molecule has 0 aliphatic rings. The van der Waals surface area contributed by atoms with Crippen LogP contribution < -0.4 is 16.6 Å². The van der Waals surface area contributed by atoms with Crippen molar-refractivity contribution >= 4 is 45.9 Å². The van der Waals surface area contributed by atoms with Crippen LogP contribution in [-0.4, -0.2) is 21.2 Å². The van der Waals surface area contributed by atoms with Gasteiger partial charge in [0.15, 0.2) is 0 Å². The van der Waals surface area contributed by atoms with E-state index in [2.05, 4.69) is 10.3 Å². The molecule has 1 heterocycles. The van der Waals surface area contributed by atoms with Crippen molar-refractivity contribution in [2.75, 3.05) is 11.1 Å². The number of halogens is 1. The first-order valence-corrected chi connectivity index (χ1v) is 9.80. The second-order valence-electron chi connectivity index (χ2n) is 5.80. The van der Waals surface area contributed by atoms with Gasteiger partial charge in [-0.15, -0.1) is 11.8 Å². The fourth-order valence-electron chi connectivity index (χ4n) is 2.77. The van der Waals surface area contributed by atoms with Crippen LogP contribution in [0.4, 0.5) is 5.69 Å². The fourth-order valence-corrected chi connectivity index (χ4v) is 3.68. The molecule has 1 amide bonds. The molecule has 3 rings (SSSR count). The highest BCUT2D eigenvalue weighted by Crippen LogP contribution is 2.30. The molecule has 140 valence electrons. The lowest BCUT2D eigenvalue weighted by molar-refractivity contribution is -0.116. The zero-order valence-electron chi connectivity index (χ0n) is 14.6. The highest BCUT2D eigenvalue weighted by atomic mass is 35.5. The van der Waals surface area contributed by atoms with Crippen molar-refractivity contribution in [3.63, 3.8) is 0 Å². The molecule has 0 unspecified atom stereocenters. The second-order valence-corrected chi connectivity index (χ2v) is 7.54. The maximum absolute atomic E-state index is 12.4. The minimum absolute atomic E-state index is 0.0820. The van der Waals surface area contributed by atoms with E-state index in [1.54, 1.807) is 48.2 Å². The molecule has 8 heteroatoms. The van der Waals surface area contributed by atoms with Gasteiger partial charge >= 0.3 is 5.69 Å². The number of aryl methyl sites for hydroxylation is 1. The standard InChI is InChI=1S/C19H18ClN3O3S/c1-2-27-16-8-7-12(20)11-14(16)21-17(24)9-10-23-15-6-4-3-5-13(15)18(25)22-19(23)26/h3-8,11H,2,9-10H2,1H3,(H,21,24)(H,22,25,26). The number of rotatable bonds is 6. The van der Waals surface area contributed by atoms with Gasteiger partial charge in [-0.2, -0.15) is 0 Å². The normalized spacial score (nSPS) is 10.9. The number of thioether (sulfide) groups is 1. The molecule has 0 saturated heterocycles. The van der Waals surface area contributed by atoms with Crippen LogP contribution in [0, 0.1) is 0 Å². The molecule has 0 atom stereocenters. The van der Waals surface area contributed by atoms with Crippen molar-refractivity contribution in [3.8, 4) is 0 Å². The van der Waals surface area contributed by atoms with Gasteiger partial charge in [0, 0.05) is 22.9 Å². The lowest BCUT2D eigenvalue weighted by atomic mass is 10.2. The summed E-state index contributed by atoms with van der Waals surface area (Å²) < 4.78 is 1.40. The minimum Gasteiger partial charge on any atom is -0.325 e. The Morgan fingerprint density at radius 3 is 2.78 bits per heavy atom. The Bertz CT molecular complexity index is 1110. The Labute approximate surface area is 164 Å². The van der Waals surface area contributed by atoms with Gasteiger partial charge in [-0.25, -0.2) is 4.79 Å². The maximum atomic E-state index is 12.4. The Balaban J connectivity index is 1.80. The first-order valence-electron chi connectivity index (χ1n) is 8.43. The molecule has 0 spiro atoms. The first kappa shape index (κ1) is 19.3. The number of H-pyrrole nitrogens is 1. The largest absolute Gasteiger partial charge is 0.328 e. The fraction of sp³-hybridized carbons (Fsp3) is 0.211. The number of carbonyl (C=O) groups excluding carboxylic acids is 1. The van der Waals surface area contributed by atoms with Crippen molar-refractivity contribution in [2.24, 2.45) is 0 Å². The summed E-state index contributed by atoms with van der Waals surface area (Å²) in [5.74, 6) is 0.626. The molecule has 2 aromatic carbocycles. The van der Waals surface area contributed by atoms with Gasteiger partial charge < -0.3 is 5.32 Å². The number of hydrogen-bond acceptors (Lipinski definition) is 4. The van der Waals surface area contributed by atoms with Crippen molar-refractivity contribution in [3.05, 3.63) is 68.3 Å². The van der Waals surface area contributed by atoms with Crippen LogP contribution in [0.2, 0.25) is 5.02 Å². The molecule has 0 bridgehead atoms. The summed E-state index contributed by atoms with van der Waals surface area (Å²) in [6, 6.07) is 12.2. The SMILES string of the molecule is CCSc1ccc(Cl)cc1NC(=O)CCn1c(=O)[nH]c(=O)c2ccccc21. The molecule has 0 aliphatic heterocycles. The number of aromatic nitrogens is 2. The topological polar surface area (TPSA) is 84.0 Å². The molecular formula is C19H18ClN3O3S.